The zero-order chi connectivity index (χ0) is 15.6. The monoisotopic (exact) mass is 319 g/mol. The van der Waals surface area contributed by atoms with E-state index in [1.807, 2.05) is 30.3 Å². The minimum absolute atomic E-state index is 0.0343. The average Bonchev–Trinajstić information content (AvgIpc) is 3.31. The van der Waals surface area contributed by atoms with Gasteiger partial charge in [-0.2, -0.15) is 8.78 Å². The van der Waals surface area contributed by atoms with Crippen molar-refractivity contribution in [1.29, 1.82) is 0 Å². The maximum atomic E-state index is 12.5. The SMILES string of the molecule is O=C(Nc1ccc(SC(F)F)cc1)C1(c2ccccc2)CC1. The first-order valence-corrected chi connectivity index (χ1v) is 7.90. The van der Waals surface area contributed by atoms with Crippen LogP contribution in [0.4, 0.5) is 14.5 Å². The highest BCUT2D eigenvalue weighted by molar-refractivity contribution is 7.99. The Morgan fingerprint density at radius 1 is 1.05 bits per heavy atom. The predicted octanol–water partition coefficient (Wildman–Crippen LogP) is 4.67. The number of anilines is 1. The molecule has 0 spiro atoms. The molecule has 5 heteroatoms. The standard InChI is InChI=1S/C17H15F2NOS/c18-16(19)22-14-8-6-13(7-9-14)20-15(21)17(10-11-17)12-4-2-1-3-5-12/h1-9,16H,10-11H2,(H,20,21). The largest absolute Gasteiger partial charge is 0.325 e. The van der Waals surface area contributed by atoms with Gasteiger partial charge in [0.15, 0.2) is 0 Å². The van der Waals surface area contributed by atoms with Crippen molar-refractivity contribution in [2.75, 3.05) is 5.32 Å². The summed E-state index contributed by atoms with van der Waals surface area (Å²) in [5.74, 6) is -2.47. The van der Waals surface area contributed by atoms with Gasteiger partial charge in [-0.15, -0.1) is 0 Å². The van der Waals surface area contributed by atoms with Gasteiger partial charge in [0.2, 0.25) is 5.91 Å². The molecule has 0 atom stereocenters. The minimum atomic E-state index is -2.44. The van der Waals surface area contributed by atoms with Crippen LogP contribution in [0.15, 0.2) is 59.5 Å². The lowest BCUT2D eigenvalue weighted by molar-refractivity contribution is -0.118. The Morgan fingerprint density at radius 3 is 2.23 bits per heavy atom. The number of amides is 1. The van der Waals surface area contributed by atoms with Crippen LogP contribution in [0.3, 0.4) is 0 Å². The molecule has 0 aromatic heterocycles. The molecule has 2 aromatic carbocycles. The van der Waals surface area contributed by atoms with E-state index in [2.05, 4.69) is 5.32 Å². The van der Waals surface area contributed by atoms with E-state index < -0.39 is 11.2 Å². The van der Waals surface area contributed by atoms with E-state index in [0.29, 0.717) is 22.3 Å². The maximum Gasteiger partial charge on any atom is 0.288 e. The van der Waals surface area contributed by atoms with Gasteiger partial charge in [0, 0.05) is 10.6 Å². The third kappa shape index (κ3) is 3.14. The summed E-state index contributed by atoms with van der Waals surface area (Å²) in [4.78, 5) is 13.0. The van der Waals surface area contributed by atoms with Gasteiger partial charge in [-0.25, -0.2) is 0 Å². The van der Waals surface area contributed by atoms with Crippen molar-refractivity contribution < 1.29 is 13.6 Å². The fraction of sp³-hybridized carbons (Fsp3) is 0.235. The highest BCUT2D eigenvalue weighted by Gasteiger charge is 2.51. The summed E-state index contributed by atoms with van der Waals surface area (Å²) in [5.41, 5.74) is 1.22. The van der Waals surface area contributed by atoms with Crippen molar-refractivity contribution in [3.8, 4) is 0 Å². The molecule has 1 N–H and O–H groups in total. The molecule has 0 bridgehead atoms. The highest BCUT2D eigenvalue weighted by atomic mass is 32.2. The van der Waals surface area contributed by atoms with Crippen LogP contribution < -0.4 is 5.32 Å². The second-order valence-corrected chi connectivity index (χ2v) is 6.37. The van der Waals surface area contributed by atoms with Gasteiger partial charge in [0.05, 0.1) is 5.41 Å². The molecule has 0 radical (unpaired) electrons. The molecule has 1 amide bonds. The van der Waals surface area contributed by atoms with E-state index in [-0.39, 0.29) is 5.91 Å². The van der Waals surface area contributed by atoms with Crippen molar-refractivity contribution in [1.82, 2.24) is 0 Å². The van der Waals surface area contributed by atoms with Gasteiger partial charge < -0.3 is 5.32 Å². The maximum absolute atomic E-state index is 12.5. The van der Waals surface area contributed by atoms with E-state index >= 15 is 0 Å². The smallest absolute Gasteiger partial charge is 0.288 e. The highest BCUT2D eigenvalue weighted by Crippen LogP contribution is 2.48. The number of rotatable bonds is 5. The Balaban J connectivity index is 1.70. The van der Waals surface area contributed by atoms with Gasteiger partial charge in [-0.1, -0.05) is 42.1 Å². The summed E-state index contributed by atoms with van der Waals surface area (Å²) in [5, 5.41) is 2.89. The lowest BCUT2D eigenvalue weighted by Crippen LogP contribution is -2.27. The summed E-state index contributed by atoms with van der Waals surface area (Å²) in [6.07, 6.45) is 1.67. The Kier molecular flexibility index (Phi) is 4.16. The molecule has 114 valence electrons. The first-order valence-electron chi connectivity index (χ1n) is 7.02. The molecule has 1 aliphatic rings. The number of thioether (sulfide) groups is 1. The topological polar surface area (TPSA) is 29.1 Å². The molecule has 3 rings (SSSR count). The molecule has 1 fully saturated rings. The van der Waals surface area contributed by atoms with Gasteiger partial charge >= 0.3 is 0 Å². The number of benzene rings is 2. The van der Waals surface area contributed by atoms with Crippen LogP contribution in [0.25, 0.3) is 0 Å². The van der Waals surface area contributed by atoms with E-state index in [4.69, 9.17) is 0 Å². The van der Waals surface area contributed by atoms with Crippen LogP contribution in [-0.4, -0.2) is 11.7 Å². The summed E-state index contributed by atoms with van der Waals surface area (Å²) in [7, 11) is 0. The lowest BCUT2D eigenvalue weighted by Gasteiger charge is -2.16. The number of hydrogen-bond acceptors (Lipinski definition) is 2. The van der Waals surface area contributed by atoms with Gasteiger partial charge in [-0.05, 0) is 42.7 Å². The molecule has 1 aliphatic carbocycles. The fourth-order valence-corrected chi connectivity index (χ4v) is 3.00. The second kappa shape index (κ2) is 6.08. The molecule has 0 heterocycles. The third-order valence-electron chi connectivity index (χ3n) is 3.85. The molecule has 2 aromatic rings. The Hall–Kier alpha value is -1.88. The van der Waals surface area contributed by atoms with Gasteiger partial charge in [-0.3, -0.25) is 4.79 Å². The van der Waals surface area contributed by atoms with Gasteiger partial charge in [0.1, 0.15) is 0 Å². The first-order chi connectivity index (χ1) is 10.6. The second-order valence-electron chi connectivity index (χ2n) is 5.31. The number of halogens is 2. The van der Waals surface area contributed by atoms with Crippen LogP contribution in [0.2, 0.25) is 0 Å². The molecule has 1 saturated carbocycles. The zero-order valence-corrected chi connectivity index (χ0v) is 12.6. The Labute approximate surface area is 131 Å². The molecule has 22 heavy (non-hydrogen) atoms. The number of carbonyl (C=O) groups is 1. The third-order valence-corrected chi connectivity index (χ3v) is 4.57. The summed E-state index contributed by atoms with van der Waals surface area (Å²) >= 11 is 0.495. The van der Waals surface area contributed by atoms with Crippen molar-refractivity contribution in [3.05, 3.63) is 60.2 Å². The predicted molar refractivity (Wildman–Crippen MR) is 84.3 cm³/mol. The van der Waals surface area contributed by atoms with Crippen LogP contribution in [0, 0.1) is 0 Å². The van der Waals surface area contributed by atoms with Crippen LogP contribution in [0.1, 0.15) is 18.4 Å². The van der Waals surface area contributed by atoms with E-state index in [9.17, 15) is 13.6 Å². The molecule has 2 nitrogen and oxygen atoms in total. The van der Waals surface area contributed by atoms with Crippen molar-refractivity contribution in [2.24, 2.45) is 0 Å². The quantitative estimate of drug-likeness (QED) is 0.811. The first kappa shape index (κ1) is 15.0. The number of hydrogen-bond donors (Lipinski definition) is 1. The number of carbonyl (C=O) groups excluding carboxylic acids is 1. The number of nitrogens with one attached hydrogen (secondary N) is 1. The lowest BCUT2D eigenvalue weighted by atomic mass is 9.95. The zero-order valence-electron chi connectivity index (χ0n) is 11.8. The fourth-order valence-electron chi connectivity index (χ4n) is 2.50. The van der Waals surface area contributed by atoms with E-state index in [0.717, 1.165) is 18.4 Å². The molecular formula is C17H15F2NOS. The average molecular weight is 319 g/mol. The summed E-state index contributed by atoms with van der Waals surface area (Å²) in [6, 6.07) is 16.2. The molecule has 0 saturated heterocycles. The van der Waals surface area contributed by atoms with E-state index in [1.165, 1.54) is 0 Å². The van der Waals surface area contributed by atoms with Crippen LogP contribution in [-0.2, 0) is 10.2 Å². The van der Waals surface area contributed by atoms with Crippen molar-refractivity contribution >= 4 is 23.4 Å². The molecular weight excluding hydrogens is 304 g/mol. The van der Waals surface area contributed by atoms with Crippen LogP contribution in [0.5, 0.6) is 0 Å². The van der Waals surface area contributed by atoms with Crippen molar-refractivity contribution in [2.45, 2.75) is 28.9 Å². The summed E-state index contributed by atoms with van der Waals surface area (Å²) < 4.78 is 24.6. The molecule has 0 aliphatic heterocycles. The van der Waals surface area contributed by atoms with Crippen LogP contribution >= 0.6 is 11.8 Å². The number of alkyl halides is 2. The van der Waals surface area contributed by atoms with E-state index in [1.54, 1.807) is 24.3 Å². The Morgan fingerprint density at radius 2 is 1.68 bits per heavy atom. The Bertz CT molecular complexity index is 654. The van der Waals surface area contributed by atoms with Crippen molar-refractivity contribution in [3.63, 3.8) is 0 Å². The molecule has 0 unspecified atom stereocenters. The normalized spacial score (nSPS) is 15.6. The minimum Gasteiger partial charge on any atom is -0.325 e. The van der Waals surface area contributed by atoms with Gasteiger partial charge in [0.25, 0.3) is 5.76 Å². The summed E-state index contributed by atoms with van der Waals surface area (Å²) in [6.45, 7) is 0.